The highest BCUT2D eigenvalue weighted by molar-refractivity contribution is 14.1. The minimum absolute atomic E-state index is 0.00534. The lowest BCUT2D eigenvalue weighted by molar-refractivity contribution is -0.139. The molecule has 0 aliphatic rings. The molecule has 0 fully saturated rings. The van der Waals surface area contributed by atoms with Gasteiger partial charge in [0.1, 0.15) is 5.82 Å². The molecule has 0 amide bonds. The number of nitrogens with zero attached hydrogens (tertiary/aromatic N) is 1. The molecule has 1 N–H and O–H groups in total. The predicted molar refractivity (Wildman–Crippen MR) is 97.5 cm³/mol. The van der Waals surface area contributed by atoms with E-state index >= 15 is 0 Å². The molecule has 0 aromatic heterocycles. The number of aliphatic carboxylic acids is 1. The third kappa shape index (κ3) is 4.81. The highest BCUT2D eigenvalue weighted by atomic mass is 127. The molecule has 2 rings (SSSR count). The maximum atomic E-state index is 13.1. The normalized spacial score (nSPS) is 10.8. The Morgan fingerprint density at radius 3 is 2.79 bits per heavy atom. The molecule has 0 atom stereocenters. The van der Waals surface area contributed by atoms with Crippen LogP contribution in [-0.2, 0) is 4.79 Å². The van der Waals surface area contributed by atoms with Gasteiger partial charge < -0.3 is 14.6 Å². The number of hydrogen-bond donors (Lipinski definition) is 1. The van der Waals surface area contributed by atoms with Crippen molar-refractivity contribution in [2.75, 3.05) is 13.7 Å². The summed E-state index contributed by atoms with van der Waals surface area (Å²) in [6.45, 7) is -0.464. The van der Waals surface area contributed by atoms with Crippen molar-refractivity contribution in [1.82, 2.24) is 0 Å². The molecule has 24 heavy (non-hydrogen) atoms. The first kappa shape index (κ1) is 18.5. The van der Waals surface area contributed by atoms with Crippen LogP contribution in [0.3, 0.4) is 0 Å². The van der Waals surface area contributed by atoms with E-state index in [2.05, 4.69) is 4.99 Å². The molecular formula is C16H12ClFINO4. The average molecular weight is 464 g/mol. The van der Waals surface area contributed by atoms with Gasteiger partial charge in [0.2, 0.25) is 0 Å². The predicted octanol–water partition coefficient (Wildman–Crippen LogP) is 4.31. The lowest BCUT2D eigenvalue weighted by atomic mass is 10.2. The van der Waals surface area contributed by atoms with Gasteiger partial charge in [-0.3, -0.25) is 4.99 Å². The molecule has 2 aromatic rings. The van der Waals surface area contributed by atoms with Gasteiger partial charge in [-0.1, -0.05) is 11.6 Å². The highest BCUT2D eigenvalue weighted by Gasteiger charge is 2.12. The van der Waals surface area contributed by atoms with Crippen molar-refractivity contribution < 1.29 is 23.8 Å². The largest absolute Gasteiger partial charge is 0.493 e. The number of carboxylic acid groups (broad SMARTS) is 1. The van der Waals surface area contributed by atoms with E-state index in [4.69, 9.17) is 26.2 Å². The van der Waals surface area contributed by atoms with E-state index in [1.165, 1.54) is 25.3 Å². The summed E-state index contributed by atoms with van der Waals surface area (Å²) in [4.78, 5) is 14.9. The van der Waals surface area contributed by atoms with E-state index in [9.17, 15) is 9.18 Å². The summed E-state index contributed by atoms with van der Waals surface area (Å²) in [5.74, 6) is -0.845. The fourth-order valence-corrected chi connectivity index (χ4v) is 2.76. The van der Waals surface area contributed by atoms with Gasteiger partial charge in [-0.15, -0.1) is 0 Å². The first-order valence-corrected chi connectivity index (χ1v) is 8.07. The van der Waals surface area contributed by atoms with Gasteiger partial charge in [0.15, 0.2) is 18.1 Å². The molecule has 0 aliphatic carbocycles. The molecular weight excluding hydrogens is 452 g/mol. The van der Waals surface area contributed by atoms with Gasteiger partial charge in [0.05, 0.1) is 21.4 Å². The van der Waals surface area contributed by atoms with Crippen LogP contribution >= 0.6 is 34.2 Å². The van der Waals surface area contributed by atoms with E-state index < -0.39 is 18.4 Å². The molecule has 0 heterocycles. The summed E-state index contributed by atoms with van der Waals surface area (Å²) < 4.78 is 24.3. The van der Waals surface area contributed by atoms with Crippen LogP contribution in [0.15, 0.2) is 35.3 Å². The van der Waals surface area contributed by atoms with Crippen LogP contribution in [0.25, 0.3) is 0 Å². The van der Waals surface area contributed by atoms with Crippen molar-refractivity contribution in [2.45, 2.75) is 0 Å². The quantitative estimate of drug-likeness (QED) is 0.512. The number of hydrogen-bond acceptors (Lipinski definition) is 4. The summed E-state index contributed by atoms with van der Waals surface area (Å²) >= 11 is 7.73. The SMILES string of the molecule is COc1cc(C=Nc2ccc(F)c(Cl)c2)cc(I)c1OCC(=O)O. The van der Waals surface area contributed by atoms with Crippen LogP contribution < -0.4 is 9.47 Å². The van der Waals surface area contributed by atoms with Gasteiger partial charge in [-0.25, -0.2) is 9.18 Å². The monoisotopic (exact) mass is 463 g/mol. The molecule has 0 unspecified atom stereocenters. The Hall–Kier alpha value is -1.87. The Bertz CT molecular complexity index is 798. The van der Waals surface area contributed by atoms with Crippen LogP contribution in [0.4, 0.5) is 10.1 Å². The first-order valence-electron chi connectivity index (χ1n) is 6.62. The Morgan fingerprint density at radius 1 is 1.42 bits per heavy atom. The topological polar surface area (TPSA) is 68.1 Å². The second-order valence-corrected chi connectivity index (χ2v) is 6.14. The van der Waals surface area contributed by atoms with E-state index in [1.807, 2.05) is 22.6 Å². The number of carbonyl (C=O) groups is 1. The van der Waals surface area contributed by atoms with Crippen molar-refractivity contribution in [2.24, 2.45) is 4.99 Å². The van der Waals surface area contributed by atoms with Gasteiger partial charge in [0, 0.05) is 6.21 Å². The molecule has 0 saturated carbocycles. The van der Waals surface area contributed by atoms with E-state index in [-0.39, 0.29) is 5.02 Å². The maximum absolute atomic E-state index is 13.1. The number of benzene rings is 2. The minimum atomic E-state index is -1.08. The smallest absolute Gasteiger partial charge is 0.341 e. The molecule has 126 valence electrons. The molecule has 0 aliphatic heterocycles. The van der Waals surface area contributed by atoms with Crippen molar-refractivity contribution in [1.29, 1.82) is 0 Å². The Balaban J connectivity index is 2.27. The Kier molecular flexibility index (Phi) is 6.38. The molecule has 2 aromatic carbocycles. The summed E-state index contributed by atoms with van der Waals surface area (Å²) in [7, 11) is 1.46. The number of rotatable bonds is 6. The minimum Gasteiger partial charge on any atom is -0.493 e. The van der Waals surface area contributed by atoms with Crippen molar-refractivity contribution in [3.63, 3.8) is 0 Å². The van der Waals surface area contributed by atoms with Crippen LogP contribution in [-0.4, -0.2) is 31.0 Å². The third-order valence-corrected chi connectivity index (χ3v) is 3.95. The fraction of sp³-hybridized carbons (Fsp3) is 0.125. The van der Waals surface area contributed by atoms with Crippen molar-refractivity contribution in [3.05, 3.63) is 50.3 Å². The standard InChI is InChI=1S/C16H12ClFINO4/c1-23-14-5-9(4-13(19)16(14)24-8-15(21)22)7-20-10-2-3-12(18)11(17)6-10/h2-7H,8H2,1H3,(H,21,22). The highest BCUT2D eigenvalue weighted by Crippen LogP contribution is 2.33. The molecule has 0 radical (unpaired) electrons. The van der Waals surface area contributed by atoms with Crippen molar-refractivity contribution in [3.8, 4) is 11.5 Å². The zero-order chi connectivity index (χ0) is 17.7. The number of aliphatic imine (C=N–C) groups is 1. The summed E-state index contributed by atoms with van der Waals surface area (Å²) in [6.07, 6.45) is 1.56. The molecule has 8 heteroatoms. The second kappa shape index (κ2) is 8.29. The van der Waals surface area contributed by atoms with Gasteiger partial charge in [0.25, 0.3) is 0 Å². The van der Waals surface area contributed by atoms with Crippen LogP contribution in [0.5, 0.6) is 11.5 Å². The summed E-state index contributed by atoms with van der Waals surface area (Å²) in [5.41, 5.74) is 1.21. The lowest BCUT2D eigenvalue weighted by Gasteiger charge is -2.12. The van der Waals surface area contributed by atoms with Gasteiger partial charge in [-0.05, 0) is 58.5 Å². The van der Waals surface area contributed by atoms with Crippen molar-refractivity contribution >= 4 is 52.1 Å². The van der Waals surface area contributed by atoms with E-state index in [1.54, 1.807) is 18.3 Å². The van der Waals surface area contributed by atoms with Gasteiger partial charge in [-0.2, -0.15) is 0 Å². The average Bonchev–Trinajstić information content (AvgIpc) is 2.54. The number of ether oxygens (including phenoxy) is 2. The molecule has 0 saturated heterocycles. The number of methoxy groups -OCH3 is 1. The Morgan fingerprint density at radius 2 is 2.17 bits per heavy atom. The van der Waals surface area contributed by atoms with E-state index in [0.29, 0.717) is 26.3 Å². The number of carboxylic acids is 1. The second-order valence-electron chi connectivity index (χ2n) is 4.57. The number of halogens is 3. The molecule has 5 nitrogen and oxygen atoms in total. The van der Waals surface area contributed by atoms with Crippen LogP contribution in [0, 0.1) is 9.39 Å². The zero-order valence-electron chi connectivity index (χ0n) is 12.4. The third-order valence-electron chi connectivity index (χ3n) is 2.86. The molecule has 0 spiro atoms. The zero-order valence-corrected chi connectivity index (χ0v) is 15.3. The van der Waals surface area contributed by atoms with Gasteiger partial charge >= 0.3 is 5.97 Å². The Labute approximate surface area is 156 Å². The fourth-order valence-electron chi connectivity index (χ4n) is 1.80. The summed E-state index contributed by atoms with van der Waals surface area (Å²) in [5, 5.41) is 8.70. The lowest BCUT2D eigenvalue weighted by Crippen LogP contribution is -2.11. The summed E-state index contributed by atoms with van der Waals surface area (Å²) in [6, 6.07) is 7.58. The van der Waals surface area contributed by atoms with Crippen LogP contribution in [0.2, 0.25) is 5.02 Å². The van der Waals surface area contributed by atoms with E-state index in [0.717, 1.165) is 0 Å². The first-order chi connectivity index (χ1) is 11.4. The maximum Gasteiger partial charge on any atom is 0.341 e. The van der Waals surface area contributed by atoms with Crippen LogP contribution in [0.1, 0.15) is 5.56 Å². The molecule has 0 bridgehead atoms.